The molecule has 0 saturated carbocycles. The van der Waals surface area contributed by atoms with E-state index in [1.165, 1.54) is 7.11 Å². The van der Waals surface area contributed by atoms with Gasteiger partial charge in [0.1, 0.15) is 17.1 Å². The van der Waals surface area contributed by atoms with E-state index >= 15 is 0 Å². The molecule has 3 aromatic rings. The maximum atomic E-state index is 11.6. The number of carbonyl (C=O) groups is 1. The van der Waals surface area contributed by atoms with E-state index in [9.17, 15) is 4.79 Å². The number of aromatic nitrogens is 3. The number of esters is 1. The Kier molecular flexibility index (Phi) is 4.95. The molecule has 4 rings (SSSR count). The number of carbonyl (C=O) groups excluding carboxylic acids is 1. The summed E-state index contributed by atoms with van der Waals surface area (Å²) < 4.78 is 15.5. The van der Waals surface area contributed by atoms with Crippen LogP contribution in [0, 0.1) is 13.8 Å². The van der Waals surface area contributed by atoms with E-state index in [1.807, 2.05) is 26.0 Å². The van der Waals surface area contributed by atoms with E-state index in [0.29, 0.717) is 18.0 Å². The Morgan fingerprint density at radius 1 is 1.25 bits per heavy atom. The Balaban J connectivity index is 1.53. The lowest BCUT2D eigenvalue weighted by Crippen LogP contribution is -2.24. The molecule has 2 aromatic heterocycles. The highest BCUT2D eigenvalue weighted by Gasteiger charge is 2.31. The van der Waals surface area contributed by atoms with Gasteiger partial charge in [0.25, 0.3) is 0 Å². The van der Waals surface area contributed by atoms with Crippen molar-refractivity contribution in [1.82, 2.24) is 20.2 Å². The largest absolute Gasteiger partial charge is 0.465 e. The fraction of sp³-hybridized carbons (Fsp3) is 0.400. The highest BCUT2D eigenvalue weighted by Crippen LogP contribution is 2.34. The molecule has 1 fully saturated rings. The van der Waals surface area contributed by atoms with Crippen LogP contribution in [0.3, 0.4) is 0 Å². The van der Waals surface area contributed by atoms with E-state index in [0.717, 1.165) is 47.8 Å². The van der Waals surface area contributed by atoms with Crippen LogP contribution in [0.5, 0.6) is 0 Å². The molecule has 0 amide bonds. The molecular formula is C20H22N4O4. The number of aryl methyl sites for hydroxylation is 2. The molecule has 1 aliphatic heterocycles. The number of rotatable bonds is 5. The Hall–Kier alpha value is -3.00. The molecule has 0 N–H and O–H groups in total. The van der Waals surface area contributed by atoms with Crippen molar-refractivity contribution in [2.24, 2.45) is 0 Å². The summed E-state index contributed by atoms with van der Waals surface area (Å²) >= 11 is 0. The number of oxazole rings is 1. The van der Waals surface area contributed by atoms with Crippen molar-refractivity contribution >= 4 is 5.97 Å². The van der Waals surface area contributed by atoms with E-state index in [2.05, 4.69) is 15.2 Å². The van der Waals surface area contributed by atoms with Gasteiger partial charge in [0.15, 0.2) is 0 Å². The van der Waals surface area contributed by atoms with Crippen molar-refractivity contribution in [3.8, 4) is 11.5 Å². The number of benzene rings is 1. The second-order valence-corrected chi connectivity index (χ2v) is 6.95. The predicted molar refractivity (Wildman–Crippen MR) is 99.4 cm³/mol. The summed E-state index contributed by atoms with van der Waals surface area (Å²) in [5.74, 6) is 0.958. The summed E-state index contributed by atoms with van der Waals surface area (Å²) in [6.45, 7) is 5.47. The number of ether oxygens (including phenoxy) is 1. The lowest BCUT2D eigenvalue weighted by molar-refractivity contribution is 0.0600. The normalized spacial score (nSPS) is 17.2. The fourth-order valence-corrected chi connectivity index (χ4v) is 3.62. The lowest BCUT2D eigenvalue weighted by Gasteiger charge is -2.21. The third-order valence-electron chi connectivity index (χ3n) is 5.17. The zero-order valence-electron chi connectivity index (χ0n) is 16.1. The van der Waals surface area contributed by atoms with Gasteiger partial charge in [-0.05, 0) is 57.5 Å². The lowest BCUT2D eigenvalue weighted by atomic mass is 10.1. The summed E-state index contributed by atoms with van der Waals surface area (Å²) in [7, 11) is 1.36. The van der Waals surface area contributed by atoms with Crippen LogP contribution in [0.15, 0.2) is 33.3 Å². The van der Waals surface area contributed by atoms with Crippen LogP contribution in [0.2, 0.25) is 0 Å². The predicted octanol–water partition coefficient (Wildman–Crippen LogP) is 3.47. The Labute approximate surface area is 162 Å². The topological polar surface area (TPSA) is 94.5 Å². The van der Waals surface area contributed by atoms with Crippen LogP contribution < -0.4 is 0 Å². The van der Waals surface area contributed by atoms with Crippen LogP contribution in [-0.2, 0) is 11.3 Å². The van der Waals surface area contributed by atoms with Gasteiger partial charge in [-0.25, -0.2) is 14.4 Å². The Bertz CT molecular complexity index is 977. The van der Waals surface area contributed by atoms with E-state index in [-0.39, 0.29) is 12.0 Å². The molecule has 1 atom stereocenters. The van der Waals surface area contributed by atoms with Gasteiger partial charge in [-0.3, -0.25) is 4.90 Å². The van der Waals surface area contributed by atoms with Gasteiger partial charge in [-0.1, -0.05) is 10.3 Å². The number of hydrogen-bond donors (Lipinski definition) is 0. The zero-order valence-corrected chi connectivity index (χ0v) is 16.1. The van der Waals surface area contributed by atoms with Crippen molar-refractivity contribution in [2.75, 3.05) is 13.7 Å². The molecule has 1 aliphatic rings. The van der Waals surface area contributed by atoms with Crippen LogP contribution in [0.1, 0.15) is 52.1 Å². The molecule has 0 unspecified atom stereocenters. The van der Waals surface area contributed by atoms with Crippen LogP contribution in [-0.4, -0.2) is 39.8 Å². The highest BCUT2D eigenvalue weighted by atomic mass is 16.6. The maximum absolute atomic E-state index is 11.6. The molecule has 28 heavy (non-hydrogen) atoms. The van der Waals surface area contributed by atoms with Gasteiger partial charge < -0.3 is 9.15 Å². The number of likely N-dealkylation sites (tertiary alicyclic amines) is 1. The van der Waals surface area contributed by atoms with Crippen LogP contribution >= 0.6 is 0 Å². The first-order chi connectivity index (χ1) is 13.6. The SMILES string of the molecule is COC(=O)c1ccc(-c2nc(CN3CCC[C@@H]3c3nonc3C)c(C)o2)cc1. The van der Waals surface area contributed by atoms with Crippen molar-refractivity contribution in [1.29, 1.82) is 0 Å². The smallest absolute Gasteiger partial charge is 0.337 e. The van der Waals surface area contributed by atoms with Crippen molar-refractivity contribution < 1.29 is 18.6 Å². The third-order valence-corrected chi connectivity index (χ3v) is 5.17. The minimum atomic E-state index is -0.367. The summed E-state index contributed by atoms with van der Waals surface area (Å²) in [5.41, 5.74) is 3.94. The molecule has 0 spiro atoms. The maximum Gasteiger partial charge on any atom is 0.337 e. The second kappa shape index (κ2) is 7.55. The molecule has 0 aliphatic carbocycles. The fourth-order valence-electron chi connectivity index (χ4n) is 3.62. The van der Waals surface area contributed by atoms with Gasteiger partial charge in [0, 0.05) is 12.1 Å². The average Bonchev–Trinajstić information content (AvgIpc) is 3.42. The van der Waals surface area contributed by atoms with Crippen LogP contribution in [0.25, 0.3) is 11.5 Å². The first kappa shape index (κ1) is 18.4. The summed E-state index contributed by atoms with van der Waals surface area (Å²) in [5, 5.41) is 7.99. The molecule has 0 bridgehead atoms. The number of hydrogen-bond acceptors (Lipinski definition) is 8. The van der Waals surface area contributed by atoms with E-state index < -0.39 is 0 Å². The van der Waals surface area contributed by atoms with Crippen molar-refractivity contribution in [3.05, 3.63) is 52.7 Å². The Morgan fingerprint density at radius 2 is 2.04 bits per heavy atom. The molecular weight excluding hydrogens is 360 g/mol. The molecule has 8 nitrogen and oxygen atoms in total. The van der Waals surface area contributed by atoms with Gasteiger partial charge in [-0.2, -0.15) is 0 Å². The van der Waals surface area contributed by atoms with E-state index in [4.69, 9.17) is 18.8 Å². The second-order valence-electron chi connectivity index (χ2n) is 6.95. The summed E-state index contributed by atoms with van der Waals surface area (Å²) in [6.07, 6.45) is 2.11. The van der Waals surface area contributed by atoms with Gasteiger partial charge in [0.2, 0.25) is 5.89 Å². The molecule has 3 heterocycles. The van der Waals surface area contributed by atoms with E-state index in [1.54, 1.807) is 12.1 Å². The highest BCUT2D eigenvalue weighted by molar-refractivity contribution is 5.89. The molecule has 1 saturated heterocycles. The van der Waals surface area contributed by atoms with Gasteiger partial charge in [0.05, 0.1) is 24.4 Å². The first-order valence-corrected chi connectivity index (χ1v) is 9.25. The number of methoxy groups -OCH3 is 1. The minimum Gasteiger partial charge on any atom is -0.465 e. The van der Waals surface area contributed by atoms with Gasteiger partial charge >= 0.3 is 5.97 Å². The van der Waals surface area contributed by atoms with Crippen LogP contribution in [0.4, 0.5) is 0 Å². The molecule has 146 valence electrons. The van der Waals surface area contributed by atoms with Crippen molar-refractivity contribution in [3.63, 3.8) is 0 Å². The first-order valence-electron chi connectivity index (χ1n) is 9.25. The summed E-state index contributed by atoms with van der Waals surface area (Å²) in [4.78, 5) is 18.6. The minimum absolute atomic E-state index is 0.185. The zero-order chi connectivity index (χ0) is 19.7. The molecule has 0 radical (unpaired) electrons. The summed E-state index contributed by atoms with van der Waals surface area (Å²) in [6, 6.07) is 7.22. The third kappa shape index (κ3) is 3.43. The molecule has 1 aromatic carbocycles. The Morgan fingerprint density at radius 3 is 2.71 bits per heavy atom. The van der Waals surface area contributed by atoms with Gasteiger partial charge in [-0.15, -0.1) is 0 Å². The quantitative estimate of drug-likeness (QED) is 0.619. The monoisotopic (exact) mass is 382 g/mol. The molecule has 8 heteroatoms. The average molecular weight is 382 g/mol. The van der Waals surface area contributed by atoms with Crippen molar-refractivity contribution in [2.45, 2.75) is 39.3 Å². The number of nitrogens with zero attached hydrogens (tertiary/aromatic N) is 4. The standard InChI is InChI=1S/C20H22N4O4/c1-12-18(23-28-22-12)17-5-4-10-24(17)11-16-13(2)27-19(21-16)14-6-8-15(9-7-14)20(25)26-3/h6-9,17H,4-5,10-11H2,1-3H3/t17-/m1/s1.